The maximum atomic E-state index is 11.5. The third-order valence-electron chi connectivity index (χ3n) is 2.32. The topological polar surface area (TPSA) is 73.3 Å². The van der Waals surface area contributed by atoms with Gasteiger partial charge in [-0.25, -0.2) is 14.8 Å². The highest BCUT2D eigenvalue weighted by atomic mass is 16.5. The number of carbonyl (C=O) groups is 1. The number of nitrogens with zero attached hydrogens (tertiary/aromatic N) is 2. The summed E-state index contributed by atoms with van der Waals surface area (Å²) >= 11 is 0. The van der Waals surface area contributed by atoms with Crippen molar-refractivity contribution in [3.05, 3.63) is 30.2 Å². The number of carbonyl (C=O) groups excluding carboxylic acids is 1. The number of hydrogen-bond acceptors (Lipinski definition) is 6. The summed E-state index contributed by atoms with van der Waals surface area (Å²) in [6.07, 6.45) is 4.08. The quantitative estimate of drug-likeness (QED) is 0.437. The van der Waals surface area contributed by atoms with E-state index in [-0.39, 0.29) is 0 Å². The van der Waals surface area contributed by atoms with Crippen molar-refractivity contribution in [1.29, 1.82) is 0 Å². The fraction of sp³-hybridized carbons (Fsp3) is 0.462. The van der Waals surface area contributed by atoms with Crippen LogP contribution in [-0.4, -0.2) is 42.8 Å². The van der Waals surface area contributed by atoms with Crippen LogP contribution < -0.4 is 5.32 Å². The predicted molar refractivity (Wildman–Crippen MR) is 72.2 cm³/mol. The van der Waals surface area contributed by atoms with Crippen molar-refractivity contribution in [2.24, 2.45) is 0 Å². The van der Waals surface area contributed by atoms with E-state index in [4.69, 9.17) is 4.74 Å². The van der Waals surface area contributed by atoms with E-state index in [2.05, 4.69) is 26.6 Å². The van der Waals surface area contributed by atoms with Gasteiger partial charge >= 0.3 is 5.97 Å². The number of hydrogen-bond donors (Lipinski definition) is 1. The van der Waals surface area contributed by atoms with Crippen molar-refractivity contribution in [2.45, 2.75) is 13.3 Å². The highest BCUT2D eigenvalue weighted by Crippen LogP contribution is 2.12. The summed E-state index contributed by atoms with van der Waals surface area (Å²) in [6.45, 7) is 7.08. The van der Waals surface area contributed by atoms with Crippen LogP contribution in [0.2, 0.25) is 0 Å². The molecule has 0 saturated heterocycles. The van der Waals surface area contributed by atoms with Crippen LogP contribution in [-0.2, 0) is 9.47 Å². The number of rotatable bonds is 8. The Morgan fingerprint density at radius 2 is 2.32 bits per heavy atom. The molecule has 0 aliphatic carbocycles. The smallest absolute Gasteiger partial charge is 0.343 e. The molecule has 0 fully saturated rings. The molecule has 0 aromatic carbocycles. The predicted octanol–water partition coefficient (Wildman–Crippen LogP) is 1.58. The molecule has 6 heteroatoms. The van der Waals surface area contributed by atoms with Gasteiger partial charge in [0.1, 0.15) is 17.2 Å². The number of methoxy groups -OCH3 is 1. The molecular formula is C13H19N3O3. The molecule has 1 N–H and O–H groups in total. The van der Waals surface area contributed by atoms with E-state index in [1.54, 1.807) is 13.0 Å². The zero-order valence-corrected chi connectivity index (χ0v) is 11.3. The zero-order valence-electron chi connectivity index (χ0n) is 11.3. The van der Waals surface area contributed by atoms with E-state index in [1.165, 1.54) is 13.3 Å². The SMILES string of the molecule is C=CCCOCCNc1nc(C)ncc1C(=O)OC. The lowest BCUT2D eigenvalue weighted by Gasteiger charge is -2.10. The van der Waals surface area contributed by atoms with Gasteiger partial charge in [0.15, 0.2) is 0 Å². The molecule has 0 spiro atoms. The Morgan fingerprint density at radius 3 is 3.00 bits per heavy atom. The molecule has 0 bridgehead atoms. The van der Waals surface area contributed by atoms with Crippen LogP contribution in [0.3, 0.4) is 0 Å². The van der Waals surface area contributed by atoms with Crippen molar-refractivity contribution in [2.75, 3.05) is 32.2 Å². The average molecular weight is 265 g/mol. The molecule has 0 aliphatic heterocycles. The van der Waals surface area contributed by atoms with E-state index >= 15 is 0 Å². The molecule has 0 atom stereocenters. The molecule has 0 amide bonds. The maximum absolute atomic E-state index is 11.5. The Hall–Kier alpha value is -1.95. The fourth-order valence-corrected chi connectivity index (χ4v) is 1.37. The van der Waals surface area contributed by atoms with Crippen LogP contribution in [0.5, 0.6) is 0 Å². The number of aryl methyl sites for hydroxylation is 1. The monoisotopic (exact) mass is 265 g/mol. The number of anilines is 1. The summed E-state index contributed by atoms with van der Waals surface area (Å²) in [7, 11) is 1.32. The molecule has 0 unspecified atom stereocenters. The van der Waals surface area contributed by atoms with Gasteiger partial charge in [-0.2, -0.15) is 0 Å². The van der Waals surface area contributed by atoms with E-state index in [9.17, 15) is 4.79 Å². The van der Waals surface area contributed by atoms with Crippen molar-refractivity contribution in [3.8, 4) is 0 Å². The summed E-state index contributed by atoms with van der Waals surface area (Å²) in [5, 5.41) is 3.04. The second-order valence-electron chi connectivity index (χ2n) is 3.79. The van der Waals surface area contributed by atoms with Crippen molar-refractivity contribution < 1.29 is 14.3 Å². The molecule has 1 rings (SSSR count). The Labute approximate surface area is 112 Å². The minimum Gasteiger partial charge on any atom is -0.465 e. The Kier molecular flexibility index (Phi) is 6.52. The highest BCUT2D eigenvalue weighted by molar-refractivity contribution is 5.94. The number of esters is 1. The summed E-state index contributed by atoms with van der Waals surface area (Å²) in [4.78, 5) is 19.7. The molecule has 1 aromatic rings. The van der Waals surface area contributed by atoms with E-state index in [0.717, 1.165) is 6.42 Å². The lowest BCUT2D eigenvalue weighted by molar-refractivity contribution is 0.0601. The summed E-state index contributed by atoms with van der Waals surface area (Å²) in [5.74, 6) is 0.587. The van der Waals surface area contributed by atoms with E-state index in [0.29, 0.717) is 37.0 Å². The van der Waals surface area contributed by atoms with Gasteiger partial charge in [0.25, 0.3) is 0 Å². The second-order valence-corrected chi connectivity index (χ2v) is 3.79. The lowest BCUT2D eigenvalue weighted by atomic mass is 10.3. The largest absolute Gasteiger partial charge is 0.465 e. The van der Waals surface area contributed by atoms with Crippen LogP contribution in [0.15, 0.2) is 18.9 Å². The second kappa shape index (κ2) is 8.20. The van der Waals surface area contributed by atoms with Gasteiger partial charge in [-0.1, -0.05) is 6.08 Å². The van der Waals surface area contributed by atoms with E-state index < -0.39 is 5.97 Å². The minimum absolute atomic E-state index is 0.319. The van der Waals surface area contributed by atoms with Crippen LogP contribution in [0, 0.1) is 6.92 Å². The standard InChI is InChI=1S/C13H19N3O3/c1-4-5-7-19-8-6-14-12-11(13(17)18-3)9-15-10(2)16-12/h4,9H,1,5-8H2,2-3H3,(H,14,15,16). The van der Waals surface area contributed by atoms with Gasteiger partial charge in [-0.15, -0.1) is 6.58 Å². The summed E-state index contributed by atoms with van der Waals surface area (Å²) < 4.78 is 10.0. The highest BCUT2D eigenvalue weighted by Gasteiger charge is 2.13. The molecule has 104 valence electrons. The molecule has 19 heavy (non-hydrogen) atoms. The first-order chi connectivity index (χ1) is 9.19. The lowest BCUT2D eigenvalue weighted by Crippen LogP contribution is -2.15. The molecule has 6 nitrogen and oxygen atoms in total. The van der Waals surface area contributed by atoms with Gasteiger partial charge in [0.2, 0.25) is 0 Å². The van der Waals surface area contributed by atoms with Crippen molar-refractivity contribution in [3.63, 3.8) is 0 Å². The summed E-state index contributed by atoms with van der Waals surface area (Å²) in [6, 6.07) is 0. The van der Waals surface area contributed by atoms with Gasteiger partial charge in [-0.3, -0.25) is 0 Å². The Bertz CT molecular complexity index is 435. The van der Waals surface area contributed by atoms with Crippen LogP contribution in [0.1, 0.15) is 22.6 Å². The molecule has 1 heterocycles. The van der Waals surface area contributed by atoms with Gasteiger partial charge < -0.3 is 14.8 Å². The third kappa shape index (κ3) is 5.05. The van der Waals surface area contributed by atoms with Crippen LogP contribution >= 0.6 is 0 Å². The number of nitrogens with one attached hydrogen (secondary N) is 1. The van der Waals surface area contributed by atoms with Crippen molar-refractivity contribution >= 4 is 11.8 Å². The Morgan fingerprint density at radius 1 is 1.53 bits per heavy atom. The van der Waals surface area contributed by atoms with E-state index in [1.807, 2.05) is 0 Å². The first-order valence-electron chi connectivity index (χ1n) is 6.03. The normalized spacial score (nSPS) is 10.0. The fourth-order valence-electron chi connectivity index (χ4n) is 1.37. The van der Waals surface area contributed by atoms with Crippen molar-refractivity contribution in [1.82, 2.24) is 9.97 Å². The molecule has 0 radical (unpaired) electrons. The first-order valence-corrected chi connectivity index (χ1v) is 6.03. The zero-order chi connectivity index (χ0) is 14.1. The number of aromatic nitrogens is 2. The first kappa shape index (κ1) is 15.1. The Balaban J connectivity index is 2.53. The van der Waals surface area contributed by atoms with Gasteiger partial charge in [0, 0.05) is 12.7 Å². The van der Waals surface area contributed by atoms with Gasteiger partial charge in [0.05, 0.1) is 20.3 Å². The maximum Gasteiger partial charge on any atom is 0.343 e. The molecule has 0 saturated carbocycles. The van der Waals surface area contributed by atoms with Gasteiger partial charge in [-0.05, 0) is 13.3 Å². The third-order valence-corrected chi connectivity index (χ3v) is 2.32. The number of ether oxygens (including phenoxy) is 2. The molecule has 0 aliphatic rings. The minimum atomic E-state index is -0.463. The molecular weight excluding hydrogens is 246 g/mol. The van der Waals surface area contributed by atoms with Crippen LogP contribution in [0.4, 0.5) is 5.82 Å². The summed E-state index contributed by atoms with van der Waals surface area (Å²) in [5.41, 5.74) is 0.319. The van der Waals surface area contributed by atoms with Crippen LogP contribution in [0.25, 0.3) is 0 Å². The molecule has 1 aromatic heterocycles. The average Bonchev–Trinajstić information content (AvgIpc) is 2.42.